The maximum absolute atomic E-state index is 6.21. The van der Waals surface area contributed by atoms with Crippen molar-refractivity contribution < 1.29 is 0 Å². The van der Waals surface area contributed by atoms with E-state index in [1.165, 1.54) is 0 Å². The Kier molecular flexibility index (Phi) is 3.87. The third-order valence-corrected chi connectivity index (χ3v) is 4.11. The van der Waals surface area contributed by atoms with Crippen molar-refractivity contribution in [1.82, 2.24) is 8.01 Å². The van der Waals surface area contributed by atoms with E-state index in [0.29, 0.717) is 6.04 Å². The Bertz CT molecular complexity index is 257. The van der Waals surface area contributed by atoms with E-state index in [-0.39, 0.29) is 0 Å². The lowest BCUT2D eigenvalue weighted by Gasteiger charge is -2.37. The molecule has 2 rings (SSSR count). The summed E-state index contributed by atoms with van der Waals surface area (Å²) < 4.78 is 2.34. The van der Waals surface area contributed by atoms with E-state index in [1.54, 1.807) is 0 Å². The van der Waals surface area contributed by atoms with Gasteiger partial charge in [-0.15, -0.1) is 0 Å². The molecule has 0 bridgehead atoms. The summed E-state index contributed by atoms with van der Waals surface area (Å²) in [5, 5.41) is 0.995. The Hall–Kier alpha value is 0.420. The van der Waals surface area contributed by atoms with Crippen LogP contribution in [0, 0.1) is 0 Å². The van der Waals surface area contributed by atoms with Crippen molar-refractivity contribution in [1.29, 1.82) is 0 Å². The molecule has 0 aromatic rings. The second kappa shape index (κ2) is 4.96. The van der Waals surface area contributed by atoms with Crippen molar-refractivity contribution in [2.75, 3.05) is 26.2 Å². The van der Waals surface area contributed by atoms with Crippen LogP contribution in [0.5, 0.6) is 0 Å². The number of rotatable bonds is 1. The number of hydrogen-bond acceptors (Lipinski definition) is 2. The predicted molar refractivity (Wildman–Crippen MR) is 68.6 cm³/mol. The van der Waals surface area contributed by atoms with Gasteiger partial charge < -0.3 is 0 Å². The first-order chi connectivity index (χ1) is 6.77. The maximum Gasteiger partial charge on any atom is 0.0490 e. The topological polar surface area (TPSA) is 6.48 Å². The monoisotopic (exact) mass is 324 g/mol. The quantitative estimate of drug-likeness (QED) is 0.540. The molecule has 0 aromatic heterocycles. The zero-order chi connectivity index (χ0) is 9.97. The van der Waals surface area contributed by atoms with Gasteiger partial charge in [-0.05, 0) is 12.5 Å². The minimum atomic E-state index is 0.437. The normalized spacial score (nSPS) is 30.4. The van der Waals surface area contributed by atoms with Crippen molar-refractivity contribution in [2.45, 2.75) is 12.5 Å². The average molecular weight is 325 g/mol. The highest BCUT2D eigenvalue weighted by Gasteiger charge is 2.24. The van der Waals surface area contributed by atoms with Gasteiger partial charge in [-0.25, -0.2) is 3.11 Å². The number of nitrogens with zero attached hydrogens (tertiary/aromatic N) is 2. The third kappa shape index (κ3) is 2.51. The first-order valence-corrected chi connectivity index (χ1v) is 6.28. The molecule has 0 saturated carbocycles. The molecule has 0 spiro atoms. The van der Waals surface area contributed by atoms with Crippen molar-refractivity contribution in [2.24, 2.45) is 0 Å². The van der Waals surface area contributed by atoms with Crippen LogP contribution >= 0.6 is 34.5 Å². The molecule has 2 aliphatic rings. The summed E-state index contributed by atoms with van der Waals surface area (Å²) >= 11 is 8.59. The van der Waals surface area contributed by atoms with Crippen LogP contribution in [-0.2, 0) is 0 Å². The minimum absolute atomic E-state index is 0.437. The van der Waals surface area contributed by atoms with Gasteiger partial charge in [0.2, 0.25) is 0 Å². The summed E-state index contributed by atoms with van der Waals surface area (Å²) in [5.74, 6) is 0. The molecule has 0 amide bonds. The largest absolute Gasteiger partial charge is 0.293 e. The number of halogens is 2. The molecule has 0 N–H and O–H groups in total. The maximum atomic E-state index is 6.21. The lowest BCUT2D eigenvalue weighted by molar-refractivity contribution is 0.170. The van der Waals surface area contributed by atoms with Gasteiger partial charge in [-0.1, -0.05) is 23.8 Å². The summed E-state index contributed by atoms with van der Waals surface area (Å²) in [6.07, 6.45) is 7.34. The SMILES string of the molecule is ClC1=CC=CCC1N1CCN(I)CC1. The first kappa shape index (κ1) is 10.9. The van der Waals surface area contributed by atoms with Crippen LogP contribution in [-0.4, -0.2) is 40.2 Å². The van der Waals surface area contributed by atoms with Gasteiger partial charge in [-0.3, -0.25) is 4.90 Å². The summed E-state index contributed by atoms with van der Waals surface area (Å²) in [6.45, 7) is 4.55. The van der Waals surface area contributed by atoms with E-state index >= 15 is 0 Å². The van der Waals surface area contributed by atoms with Gasteiger partial charge in [0.05, 0.1) is 0 Å². The number of allylic oxidation sites excluding steroid dienone is 2. The first-order valence-electron chi connectivity index (χ1n) is 4.94. The molecule has 1 atom stereocenters. The molecule has 1 aliphatic heterocycles. The van der Waals surface area contributed by atoms with Crippen LogP contribution < -0.4 is 0 Å². The van der Waals surface area contributed by atoms with E-state index in [1.807, 2.05) is 12.2 Å². The van der Waals surface area contributed by atoms with E-state index in [9.17, 15) is 0 Å². The van der Waals surface area contributed by atoms with Crippen LogP contribution in [0.15, 0.2) is 23.3 Å². The molecular weight excluding hydrogens is 310 g/mol. The molecule has 0 radical (unpaired) electrons. The summed E-state index contributed by atoms with van der Waals surface area (Å²) in [4.78, 5) is 2.48. The van der Waals surface area contributed by atoms with Crippen molar-refractivity contribution in [3.63, 3.8) is 0 Å². The zero-order valence-electron chi connectivity index (χ0n) is 8.00. The molecule has 1 saturated heterocycles. The lowest BCUT2D eigenvalue weighted by Crippen LogP contribution is -2.47. The van der Waals surface area contributed by atoms with Gasteiger partial charge in [0, 0.05) is 60.1 Å². The van der Waals surface area contributed by atoms with Crippen LogP contribution in [0.3, 0.4) is 0 Å². The van der Waals surface area contributed by atoms with E-state index in [0.717, 1.165) is 37.6 Å². The fourth-order valence-corrected chi connectivity index (χ4v) is 2.66. The third-order valence-electron chi connectivity index (χ3n) is 2.77. The Morgan fingerprint density at radius 1 is 1.29 bits per heavy atom. The lowest BCUT2D eigenvalue weighted by atomic mass is 10.1. The van der Waals surface area contributed by atoms with E-state index < -0.39 is 0 Å². The standard InChI is InChI=1S/C10H14ClIN2/c11-9-3-1-2-4-10(9)13-5-7-14(12)8-6-13/h1-3,10H,4-8H2. The van der Waals surface area contributed by atoms with Gasteiger partial charge in [0.15, 0.2) is 0 Å². The molecule has 2 nitrogen and oxygen atoms in total. The van der Waals surface area contributed by atoms with Crippen LogP contribution in [0.4, 0.5) is 0 Å². The molecule has 1 heterocycles. The Morgan fingerprint density at radius 2 is 2.00 bits per heavy atom. The summed E-state index contributed by atoms with van der Waals surface area (Å²) in [7, 11) is 0. The van der Waals surface area contributed by atoms with Crippen LogP contribution in [0.2, 0.25) is 0 Å². The highest BCUT2D eigenvalue weighted by atomic mass is 127. The summed E-state index contributed by atoms with van der Waals surface area (Å²) in [5.41, 5.74) is 0. The fraction of sp³-hybridized carbons (Fsp3) is 0.600. The van der Waals surface area contributed by atoms with Crippen LogP contribution in [0.1, 0.15) is 6.42 Å². The van der Waals surface area contributed by atoms with E-state index in [2.05, 4.69) is 37.0 Å². The average Bonchev–Trinajstić information content (AvgIpc) is 2.20. The highest BCUT2D eigenvalue weighted by Crippen LogP contribution is 2.23. The number of piperazine rings is 1. The smallest absolute Gasteiger partial charge is 0.0490 e. The minimum Gasteiger partial charge on any atom is -0.293 e. The predicted octanol–water partition coefficient (Wildman–Crippen LogP) is 2.41. The Morgan fingerprint density at radius 3 is 2.64 bits per heavy atom. The molecule has 1 unspecified atom stereocenters. The molecular formula is C10H14ClIN2. The second-order valence-corrected chi connectivity index (χ2v) is 5.48. The van der Waals surface area contributed by atoms with E-state index in [4.69, 9.17) is 11.6 Å². The fourth-order valence-electron chi connectivity index (χ4n) is 1.92. The van der Waals surface area contributed by atoms with Gasteiger partial charge in [0.25, 0.3) is 0 Å². The van der Waals surface area contributed by atoms with Crippen molar-refractivity contribution in [3.8, 4) is 0 Å². The molecule has 1 fully saturated rings. The van der Waals surface area contributed by atoms with Crippen molar-refractivity contribution in [3.05, 3.63) is 23.3 Å². The van der Waals surface area contributed by atoms with Crippen molar-refractivity contribution >= 4 is 34.5 Å². The molecule has 0 aromatic carbocycles. The summed E-state index contributed by atoms with van der Waals surface area (Å²) in [6, 6.07) is 0.437. The Labute approximate surface area is 104 Å². The van der Waals surface area contributed by atoms with Gasteiger partial charge in [0.1, 0.15) is 0 Å². The Balaban J connectivity index is 1.95. The van der Waals surface area contributed by atoms with Crippen LogP contribution in [0.25, 0.3) is 0 Å². The number of hydrogen-bond donors (Lipinski definition) is 0. The van der Waals surface area contributed by atoms with Gasteiger partial charge in [-0.2, -0.15) is 0 Å². The molecule has 14 heavy (non-hydrogen) atoms. The molecule has 4 heteroatoms. The second-order valence-electron chi connectivity index (χ2n) is 3.68. The zero-order valence-corrected chi connectivity index (χ0v) is 10.9. The van der Waals surface area contributed by atoms with Gasteiger partial charge >= 0.3 is 0 Å². The molecule has 78 valence electrons. The molecule has 1 aliphatic carbocycles. The highest BCUT2D eigenvalue weighted by molar-refractivity contribution is 14.1.